The maximum atomic E-state index is 14.0. The molecule has 0 bridgehead atoms. The van der Waals surface area contributed by atoms with E-state index in [9.17, 15) is 12.8 Å². The Morgan fingerprint density at radius 3 is 2.57 bits per heavy atom. The van der Waals surface area contributed by atoms with Crippen LogP contribution in [0, 0.1) is 12.7 Å². The van der Waals surface area contributed by atoms with E-state index in [-0.39, 0.29) is 9.77 Å². The minimum atomic E-state index is -3.70. The Kier molecular flexibility index (Phi) is 3.43. The molecule has 108 valence electrons. The lowest BCUT2D eigenvalue weighted by molar-refractivity contribution is 0.589. The average molecular weight is 321 g/mol. The van der Waals surface area contributed by atoms with E-state index in [1.807, 2.05) is 0 Å². The first kappa shape index (κ1) is 14.0. The maximum absolute atomic E-state index is 14.0. The Morgan fingerprint density at radius 2 is 1.90 bits per heavy atom. The van der Waals surface area contributed by atoms with E-state index < -0.39 is 15.8 Å². The summed E-state index contributed by atoms with van der Waals surface area (Å²) >= 11 is 1.14. The van der Waals surface area contributed by atoms with Crippen molar-refractivity contribution in [1.82, 2.24) is 3.97 Å². The fourth-order valence-electron chi connectivity index (χ4n) is 2.14. The van der Waals surface area contributed by atoms with Gasteiger partial charge in [0, 0.05) is 11.8 Å². The Labute approximate surface area is 126 Å². The third-order valence-corrected chi connectivity index (χ3v) is 6.13. The van der Waals surface area contributed by atoms with Gasteiger partial charge in [-0.15, -0.1) is 11.3 Å². The van der Waals surface area contributed by atoms with Crippen LogP contribution in [0.2, 0.25) is 0 Å². The molecule has 0 amide bonds. The highest BCUT2D eigenvalue weighted by atomic mass is 32.2. The van der Waals surface area contributed by atoms with Crippen molar-refractivity contribution in [2.45, 2.75) is 11.1 Å². The molecule has 3 rings (SSSR count). The SMILES string of the molecule is Cc1cc(-c2ccccc2F)n(S(=O)(=O)c2cccs2)c1. The largest absolute Gasteiger partial charge is 0.277 e. The van der Waals surface area contributed by atoms with Gasteiger partial charge in [0.2, 0.25) is 0 Å². The molecule has 2 heterocycles. The first-order valence-corrected chi connectivity index (χ1v) is 8.55. The predicted octanol–water partition coefficient (Wildman–Crippen LogP) is 3.90. The molecule has 0 saturated carbocycles. The highest BCUT2D eigenvalue weighted by Crippen LogP contribution is 2.29. The van der Waals surface area contributed by atoms with Crippen LogP contribution in [-0.2, 0) is 10.0 Å². The zero-order valence-corrected chi connectivity index (χ0v) is 12.8. The lowest BCUT2D eigenvalue weighted by atomic mass is 10.1. The minimum absolute atomic E-state index is 0.232. The van der Waals surface area contributed by atoms with E-state index in [1.165, 1.54) is 12.3 Å². The molecule has 0 atom stereocenters. The van der Waals surface area contributed by atoms with Gasteiger partial charge in [0.25, 0.3) is 10.0 Å². The predicted molar refractivity (Wildman–Crippen MR) is 81.5 cm³/mol. The van der Waals surface area contributed by atoms with Gasteiger partial charge >= 0.3 is 0 Å². The number of benzene rings is 1. The van der Waals surface area contributed by atoms with Gasteiger partial charge < -0.3 is 0 Å². The van der Waals surface area contributed by atoms with Crippen LogP contribution in [0.1, 0.15) is 5.56 Å². The van der Waals surface area contributed by atoms with E-state index in [0.717, 1.165) is 20.9 Å². The second-order valence-electron chi connectivity index (χ2n) is 4.62. The number of hydrogen-bond donors (Lipinski definition) is 0. The van der Waals surface area contributed by atoms with E-state index in [2.05, 4.69) is 0 Å². The third-order valence-electron chi connectivity index (χ3n) is 3.08. The molecule has 2 aromatic heterocycles. The van der Waals surface area contributed by atoms with Crippen molar-refractivity contribution < 1.29 is 12.8 Å². The Morgan fingerprint density at radius 1 is 1.14 bits per heavy atom. The summed E-state index contributed by atoms with van der Waals surface area (Å²) in [6, 6.07) is 11.0. The molecule has 0 saturated heterocycles. The first-order chi connectivity index (χ1) is 10.00. The topological polar surface area (TPSA) is 39.1 Å². The molecular weight excluding hydrogens is 309 g/mol. The molecule has 3 nitrogen and oxygen atoms in total. The molecule has 0 aliphatic rings. The second-order valence-corrected chi connectivity index (χ2v) is 7.60. The van der Waals surface area contributed by atoms with E-state index in [1.54, 1.807) is 48.7 Å². The van der Waals surface area contributed by atoms with Crippen LogP contribution in [0.5, 0.6) is 0 Å². The van der Waals surface area contributed by atoms with Crippen molar-refractivity contribution >= 4 is 21.4 Å². The maximum Gasteiger partial charge on any atom is 0.277 e. The van der Waals surface area contributed by atoms with Crippen LogP contribution in [0.4, 0.5) is 4.39 Å². The number of nitrogens with zero attached hydrogens (tertiary/aromatic N) is 1. The molecule has 21 heavy (non-hydrogen) atoms. The lowest BCUT2D eigenvalue weighted by Gasteiger charge is -2.09. The highest BCUT2D eigenvalue weighted by molar-refractivity contribution is 7.92. The standard InChI is InChI=1S/C15H12FNO2S2/c1-11-9-14(12-5-2-3-6-13(12)16)17(10-11)21(18,19)15-7-4-8-20-15/h2-10H,1H3. The zero-order chi connectivity index (χ0) is 15.0. The molecule has 1 aromatic carbocycles. The van der Waals surface area contributed by atoms with Crippen LogP contribution in [0.25, 0.3) is 11.3 Å². The average Bonchev–Trinajstić information content (AvgIpc) is 3.08. The fourth-order valence-corrected chi connectivity index (χ4v) is 4.64. The Hall–Kier alpha value is -1.92. The summed E-state index contributed by atoms with van der Waals surface area (Å²) in [5.41, 5.74) is 1.36. The van der Waals surface area contributed by atoms with Crippen molar-refractivity contribution in [3.63, 3.8) is 0 Å². The van der Waals surface area contributed by atoms with Crippen LogP contribution in [0.15, 0.2) is 58.3 Å². The normalized spacial score (nSPS) is 11.7. The van der Waals surface area contributed by atoms with Gasteiger partial charge in [0.15, 0.2) is 0 Å². The van der Waals surface area contributed by atoms with Gasteiger partial charge in [-0.2, -0.15) is 8.42 Å². The molecule has 0 fully saturated rings. The van der Waals surface area contributed by atoms with Crippen molar-refractivity contribution in [2.75, 3.05) is 0 Å². The van der Waals surface area contributed by atoms with Gasteiger partial charge in [-0.05, 0) is 42.1 Å². The molecule has 0 unspecified atom stereocenters. The molecule has 0 aliphatic carbocycles. The number of rotatable bonds is 3. The van der Waals surface area contributed by atoms with E-state index in [4.69, 9.17) is 0 Å². The summed E-state index contributed by atoms with van der Waals surface area (Å²) < 4.78 is 40.7. The number of halogens is 1. The van der Waals surface area contributed by atoms with Crippen LogP contribution in [0.3, 0.4) is 0 Å². The van der Waals surface area contributed by atoms with E-state index >= 15 is 0 Å². The Bertz CT molecular complexity index is 880. The quantitative estimate of drug-likeness (QED) is 0.734. The number of aryl methyl sites for hydroxylation is 1. The van der Waals surface area contributed by atoms with Crippen molar-refractivity contribution in [1.29, 1.82) is 0 Å². The monoisotopic (exact) mass is 321 g/mol. The molecule has 0 aliphatic heterocycles. The number of aromatic nitrogens is 1. The highest BCUT2D eigenvalue weighted by Gasteiger charge is 2.23. The minimum Gasteiger partial charge on any atom is -0.240 e. The zero-order valence-electron chi connectivity index (χ0n) is 11.2. The van der Waals surface area contributed by atoms with Gasteiger partial charge in [-0.25, -0.2) is 8.36 Å². The van der Waals surface area contributed by atoms with Crippen LogP contribution >= 0.6 is 11.3 Å². The van der Waals surface area contributed by atoms with Gasteiger partial charge in [-0.1, -0.05) is 18.2 Å². The lowest BCUT2D eigenvalue weighted by Crippen LogP contribution is -2.12. The second kappa shape index (κ2) is 5.13. The molecule has 6 heteroatoms. The first-order valence-electron chi connectivity index (χ1n) is 6.23. The van der Waals surface area contributed by atoms with Crippen LogP contribution < -0.4 is 0 Å². The van der Waals surface area contributed by atoms with Crippen molar-refractivity contribution in [3.05, 3.63) is 65.4 Å². The molecular formula is C15H12FNO2S2. The molecule has 0 N–H and O–H groups in total. The molecule has 3 aromatic rings. The van der Waals surface area contributed by atoms with Crippen molar-refractivity contribution in [2.24, 2.45) is 0 Å². The summed E-state index contributed by atoms with van der Waals surface area (Å²) in [5.74, 6) is -0.446. The number of hydrogen-bond acceptors (Lipinski definition) is 3. The van der Waals surface area contributed by atoms with Crippen molar-refractivity contribution in [3.8, 4) is 11.3 Å². The Balaban J connectivity index is 2.25. The third kappa shape index (κ3) is 2.41. The summed E-state index contributed by atoms with van der Waals surface area (Å²) in [6.45, 7) is 1.78. The summed E-state index contributed by atoms with van der Waals surface area (Å²) in [5, 5.41) is 1.70. The number of thiophene rings is 1. The fraction of sp³-hybridized carbons (Fsp3) is 0.0667. The van der Waals surface area contributed by atoms with Gasteiger partial charge in [0.1, 0.15) is 10.0 Å². The summed E-state index contributed by atoms with van der Waals surface area (Å²) in [7, 11) is -3.70. The van der Waals surface area contributed by atoms with Gasteiger partial charge in [-0.3, -0.25) is 0 Å². The van der Waals surface area contributed by atoms with E-state index in [0.29, 0.717) is 5.69 Å². The van der Waals surface area contributed by atoms with Gasteiger partial charge in [0.05, 0.1) is 5.69 Å². The van der Waals surface area contributed by atoms with Crippen LogP contribution in [-0.4, -0.2) is 12.4 Å². The summed E-state index contributed by atoms with van der Waals surface area (Å²) in [4.78, 5) is 0. The molecule has 0 spiro atoms. The smallest absolute Gasteiger partial charge is 0.240 e. The molecule has 0 radical (unpaired) electrons. The summed E-state index contributed by atoms with van der Waals surface area (Å²) in [6.07, 6.45) is 1.51.